The van der Waals surface area contributed by atoms with E-state index < -0.39 is 0 Å². The quantitative estimate of drug-likeness (QED) is 0.729. The lowest BCUT2D eigenvalue weighted by molar-refractivity contribution is 0.303. The molecule has 102 valence electrons. The summed E-state index contributed by atoms with van der Waals surface area (Å²) >= 11 is 15.5. The van der Waals surface area contributed by atoms with E-state index in [4.69, 9.17) is 33.2 Å². The van der Waals surface area contributed by atoms with Gasteiger partial charge in [-0.2, -0.15) is 5.26 Å². The molecule has 0 atom stereocenters. The first-order chi connectivity index (χ1) is 9.65. The Balaban J connectivity index is 2.25. The number of hydrogen-bond acceptors (Lipinski definition) is 3. The zero-order valence-electron chi connectivity index (χ0n) is 10.2. The lowest BCUT2D eigenvalue weighted by atomic mass is 10.2. The van der Waals surface area contributed by atoms with Crippen LogP contribution >= 0.6 is 39.1 Å². The van der Waals surface area contributed by atoms with Gasteiger partial charge in [-0.1, -0.05) is 45.2 Å². The molecule has 0 spiro atoms. The summed E-state index contributed by atoms with van der Waals surface area (Å²) in [4.78, 5) is 3.98. The molecule has 0 aliphatic carbocycles. The predicted octanol–water partition coefficient (Wildman–Crippen LogP) is 4.73. The molecule has 0 fully saturated rings. The highest BCUT2D eigenvalue weighted by atomic mass is 79.9. The number of ether oxygens (including phenoxy) is 1. The van der Waals surface area contributed by atoms with Gasteiger partial charge in [-0.05, 0) is 18.2 Å². The average Bonchev–Trinajstić information content (AvgIpc) is 2.45. The normalized spacial score (nSPS) is 10.1. The van der Waals surface area contributed by atoms with Crippen molar-refractivity contribution in [1.29, 1.82) is 5.26 Å². The van der Waals surface area contributed by atoms with Crippen LogP contribution in [0.2, 0.25) is 10.0 Å². The molecule has 0 saturated carbocycles. The monoisotopic (exact) mass is 370 g/mol. The van der Waals surface area contributed by atoms with Gasteiger partial charge in [-0.15, -0.1) is 0 Å². The van der Waals surface area contributed by atoms with Crippen molar-refractivity contribution in [3.8, 4) is 11.8 Å². The maximum atomic E-state index is 8.99. The first-order valence-electron chi connectivity index (χ1n) is 5.66. The second-order valence-electron chi connectivity index (χ2n) is 3.92. The van der Waals surface area contributed by atoms with Crippen molar-refractivity contribution in [3.05, 3.63) is 57.3 Å². The highest BCUT2D eigenvalue weighted by Gasteiger charge is 2.11. The van der Waals surface area contributed by atoms with Gasteiger partial charge in [0.1, 0.15) is 24.1 Å². The van der Waals surface area contributed by atoms with Crippen LogP contribution in [0.4, 0.5) is 0 Å². The lowest BCUT2D eigenvalue weighted by Gasteiger charge is -2.13. The van der Waals surface area contributed by atoms with Gasteiger partial charge < -0.3 is 4.74 Å². The number of alkyl halides is 1. The fourth-order valence-electron chi connectivity index (χ4n) is 1.68. The first kappa shape index (κ1) is 15.1. The fourth-order valence-corrected chi connectivity index (χ4v) is 2.69. The minimum absolute atomic E-state index is 0.220. The molecule has 0 unspecified atom stereocenters. The molecular formula is C14H9BrCl2N2O. The van der Waals surface area contributed by atoms with Gasteiger partial charge in [0.25, 0.3) is 0 Å². The largest absolute Gasteiger partial charge is 0.487 e. The van der Waals surface area contributed by atoms with E-state index in [9.17, 15) is 0 Å². The topological polar surface area (TPSA) is 45.9 Å². The summed E-state index contributed by atoms with van der Waals surface area (Å²) in [5.41, 5.74) is 1.91. The molecule has 0 N–H and O–H groups in total. The molecule has 0 radical (unpaired) electrons. The Hall–Kier alpha value is -1.28. The molecule has 2 rings (SSSR count). The van der Waals surface area contributed by atoms with Gasteiger partial charge in [0.15, 0.2) is 0 Å². The van der Waals surface area contributed by atoms with E-state index in [1.54, 1.807) is 30.5 Å². The van der Waals surface area contributed by atoms with Crippen LogP contribution in [0, 0.1) is 11.3 Å². The fraction of sp³-hybridized carbons (Fsp3) is 0.143. The zero-order chi connectivity index (χ0) is 14.5. The number of halogens is 3. The van der Waals surface area contributed by atoms with Crippen LogP contribution in [0.3, 0.4) is 0 Å². The van der Waals surface area contributed by atoms with Crippen LogP contribution in [-0.4, -0.2) is 4.98 Å². The number of pyridine rings is 1. The molecule has 6 heteroatoms. The van der Waals surface area contributed by atoms with E-state index in [1.807, 2.05) is 6.07 Å². The standard InChI is InChI=1S/C14H9BrCl2N2O/c15-6-10-4-11(16)5-12(17)14(10)20-8-9-2-1-3-19-13(9)7-18/h1-5H,6,8H2. The number of hydrogen-bond donors (Lipinski definition) is 0. The number of nitrogens with zero attached hydrogens (tertiary/aromatic N) is 2. The second kappa shape index (κ2) is 6.94. The van der Waals surface area contributed by atoms with Crippen molar-refractivity contribution in [2.75, 3.05) is 0 Å². The van der Waals surface area contributed by atoms with Crippen LogP contribution in [-0.2, 0) is 11.9 Å². The summed E-state index contributed by atoms with van der Waals surface area (Å²) in [5.74, 6) is 0.556. The van der Waals surface area contributed by atoms with Gasteiger partial charge in [-0.25, -0.2) is 4.98 Å². The molecule has 1 aromatic carbocycles. The molecule has 0 aliphatic heterocycles. The van der Waals surface area contributed by atoms with Crippen molar-refractivity contribution in [2.45, 2.75) is 11.9 Å². The molecule has 0 aliphatic rings. The average molecular weight is 372 g/mol. The lowest BCUT2D eigenvalue weighted by Crippen LogP contribution is -2.02. The van der Waals surface area contributed by atoms with E-state index in [0.29, 0.717) is 32.4 Å². The predicted molar refractivity (Wildman–Crippen MR) is 82.4 cm³/mol. The third-order valence-electron chi connectivity index (χ3n) is 2.60. The molecule has 2 aromatic rings. The van der Waals surface area contributed by atoms with Crippen molar-refractivity contribution in [1.82, 2.24) is 4.98 Å². The summed E-state index contributed by atoms with van der Waals surface area (Å²) in [7, 11) is 0. The maximum Gasteiger partial charge on any atom is 0.147 e. The molecule has 3 nitrogen and oxygen atoms in total. The third kappa shape index (κ3) is 3.43. The van der Waals surface area contributed by atoms with E-state index in [2.05, 4.69) is 20.9 Å². The molecule has 0 saturated heterocycles. The van der Waals surface area contributed by atoms with E-state index in [1.165, 1.54) is 0 Å². The van der Waals surface area contributed by atoms with Crippen LogP contribution in [0.25, 0.3) is 0 Å². The number of aromatic nitrogens is 1. The molecular weight excluding hydrogens is 363 g/mol. The number of nitriles is 1. The molecule has 0 bridgehead atoms. The smallest absolute Gasteiger partial charge is 0.147 e. The van der Waals surface area contributed by atoms with Gasteiger partial charge in [-0.3, -0.25) is 0 Å². The molecule has 1 aromatic heterocycles. The highest BCUT2D eigenvalue weighted by Crippen LogP contribution is 2.34. The van der Waals surface area contributed by atoms with E-state index >= 15 is 0 Å². The minimum Gasteiger partial charge on any atom is -0.487 e. The summed E-state index contributed by atoms with van der Waals surface area (Å²) in [6.07, 6.45) is 1.57. The van der Waals surface area contributed by atoms with Crippen LogP contribution < -0.4 is 4.74 Å². The third-order valence-corrected chi connectivity index (χ3v) is 3.70. The van der Waals surface area contributed by atoms with Crippen LogP contribution in [0.5, 0.6) is 5.75 Å². The number of rotatable bonds is 4. The SMILES string of the molecule is N#Cc1ncccc1COc1c(Cl)cc(Cl)cc1CBr. The molecule has 1 heterocycles. The van der Waals surface area contributed by atoms with Crippen molar-refractivity contribution < 1.29 is 4.74 Å². The van der Waals surface area contributed by atoms with E-state index in [0.717, 1.165) is 5.56 Å². The molecule has 0 amide bonds. The Kier molecular flexibility index (Phi) is 5.24. The highest BCUT2D eigenvalue weighted by molar-refractivity contribution is 9.08. The Bertz CT molecular complexity index is 671. The van der Waals surface area contributed by atoms with Crippen LogP contribution in [0.1, 0.15) is 16.8 Å². The zero-order valence-corrected chi connectivity index (χ0v) is 13.3. The summed E-state index contributed by atoms with van der Waals surface area (Å²) in [5, 5.41) is 10.5. The summed E-state index contributed by atoms with van der Waals surface area (Å²) in [6.45, 7) is 0.220. The van der Waals surface area contributed by atoms with Gasteiger partial charge in [0, 0.05) is 27.7 Å². The Morgan fingerprint density at radius 3 is 2.80 bits per heavy atom. The van der Waals surface area contributed by atoms with Gasteiger partial charge in [0.05, 0.1) is 5.02 Å². The first-order valence-corrected chi connectivity index (χ1v) is 7.54. The second-order valence-corrected chi connectivity index (χ2v) is 5.33. The Morgan fingerprint density at radius 1 is 1.30 bits per heavy atom. The van der Waals surface area contributed by atoms with Gasteiger partial charge in [0.2, 0.25) is 0 Å². The molecule has 20 heavy (non-hydrogen) atoms. The summed E-state index contributed by atoms with van der Waals surface area (Å²) < 4.78 is 5.73. The Morgan fingerprint density at radius 2 is 2.10 bits per heavy atom. The van der Waals surface area contributed by atoms with E-state index in [-0.39, 0.29) is 6.61 Å². The van der Waals surface area contributed by atoms with Crippen molar-refractivity contribution in [3.63, 3.8) is 0 Å². The Labute approximate surface area is 135 Å². The van der Waals surface area contributed by atoms with Gasteiger partial charge >= 0.3 is 0 Å². The van der Waals surface area contributed by atoms with Crippen LogP contribution in [0.15, 0.2) is 30.5 Å². The summed E-state index contributed by atoms with van der Waals surface area (Å²) in [6, 6.07) is 8.99. The van der Waals surface area contributed by atoms with Crippen molar-refractivity contribution in [2.24, 2.45) is 0 Å². The maximum absolute atomic E-state index is 8.99. The number of benzene rings is 1. The minimum atomic E-state index is 0.220. The van der Waals surface area contributed by atoms with Crippen molar-refractivity contribution >= 4 is 39.1 Å².